The van der Waals surface area contributed by atoms with Crippen LogP contribution < -0.4 is 5.32 Å². The lowest BCUT2D eigenvalue weighted by Crippen LogP contribution is -1.95. The lowest BCUT2D eigenvalue weighted by Gasteiger charge is -2.12. The third kappa shape index (κ3) is 1.25. The second-order valence-corrected chi connectivity index (χ2v) is 3.66. The summed E-state index contributed by atoms with van der Waals surface area (Å²) in [5.41, 5.74) is 3.90. The Labute approximate surface area is 84.8 Å². The maximum Gasteiger partial charge on any atom is 0.0403 e. The van der Waals surface area contributed by atoms with Crippen molar-refractivity contribution in [1.82, 2.24) is 0 Å². The van der Waals surface area contributed by atoms with Crippen molar-refractivity contribution in [3.05, 3.63) is 41.5 Å². The number of hydrogen-bond donors (Lipinski definition) is 1. The van der Waals surface area contributed by atoms with E-state index in [-0.39, 0.29) is 0 Å². The summed E-state index contributed by atoms with van der Waals surface area (Å²) in [6, 6.07) is 10.7. The third-order valence-electron chi connectivity index (χ3n) is 2.76. The zero-order chi connectivity index (χ0) is 10.1. The highest BCUT2D eigenvalue weighted by Gasteiger charge is 2.04. The summed E-state index contributed by atoms with van der Waals surface area (Å²) in [4.78, 5) is 0. The molecule has 0 spiro atoms. The van der Waals surface area contributed by atoms with Gasteiger partial charge in [-0.3, -0.25) is 0 Å². The van der Waals surface area contributed by atoms with E-state index in [9.17, 15) is 0 Å². The molecule has 0 amide bonds. The summed E-state index contributed by atoms with van der Waals surface area (Å²) < 4.78 is 0. The minimum absolute atomic E-state index is 1.25. The molecular formula is C13H15N. The first-order valence-electron chi connectivity index (χ1n) is 4.90. The van der Waals surface area contributed by atoms with Crippen molar-refractivity contribution in [3.8, 4) is 0 Å². The quantitative estimate of drug-likeness (QED) is 0.717. The Morgan fingerprint density at radius 1 is 1.07 bits per heavy atom. The Hall–Kier alpha value is -1.50. The van der Waals surface area contributed by atoms with Crippen LogP contribution in [0.1, 0.15) is 11.1 Å². The van der Waals surface area contributed by atoms with Crippen LogP contribution in [-0.2, 0) is 0 Å². The molecule has 0 atom stereocenters. The summed E-state index contributed by atoms with van der Waals surface area (Å²) in [5, 5.41) is 5.91. The predicted molar refractivity (Wildman–Crippen MR) is 63.0 cm³/mol. The van der Waals surface area contributed by atoms with Gasteiger partial charge in [0.05, 0.1) is 0 Å². The number of nitrogens with one attached hydrogen (secondary N) is 1. The molecule has 1 heteroatoms. The molecule has 14 heavy (non-hydrogen) atoms. The van der Waals surface area contributed by atoms with Crippen LogP contribution in [0, 0.1) is 13.8 Å². The standard InChI is InChI=1S/C13H15N/c1-9-8-11-6-4-5-7-12(11)10(2)13(9)14-3/h4-8,14H,1-3H3. The molecule has 0 aliphatic heterocycles. The van der Waals surface area contributed by atoms with Crippen molar-refractivity contribution in [2.45, 2.75) is 13.8 Å². The van der Waals surface area contributed by atoms with Crippen molar-refractivity contribution in [1.29, 1.82) is 0 Å². The molecule has 2 aromatic carbocycles. The van der Waals surface area contributed by atoms with E-state index in [1.54, 1.807) is 0 Å². The summed E-state index contributed by atoms with van der Waals surface area (Å²) >= 11 is 0. The molecule has 0 saturated carbocycles. The van der Waals surface area contributed by atoms with Gasteiger partial charge in [-0.1, -0.05) is 24.3 Å². The Kier molecular flexibility index (Phi) is 2.16. The summed E-state index contributed by atoms with van der Waals surface area (Å²) in [7, 11) is 1.98. The average molecular weight is 185 g/mol. The molecule has 2 aromatic rings. The van der Waals surface area contributed by atoms with E-state index in [0.29, 0.717) is 0 Å². The topological polar surface area (TPSA) is 12.0 Å². The number of hydrogen-bond acceptors (Lipinski definition) is 1. The van der Waals surface area contributed by atoms with Crippen molar-refractivity contribution in [2.24, 2.45) is 0 Å². The molecule has 2 rings (SSSR count). The van der Waals surface area contributed by atoms with Crippen molar-refractivity contribution in [2.75, 3.05) is 12.4 Å². The molecule has 0 aromatic heterocycles. The second-order valence-electron chi connectivity index (χ2n) is 3.66. The van der Waals surface area contributed by atoms with Crippen molar-refractivity contribution >= 4 is 16.5 Å². The maximum absolute atomic E-state index is 3.26. The highest BCUT2D eigenvalue weighted by atomic mass is 14.8. The van der Waals surface area contributed by atoms with Crippen LogP contribution in [-0.4, -0.2) is 7.05 Å². The van der Waals surface area contributed by atoms with Gasteiger partial charge in [-0.25, -0.2) is 0 Å². The predicted octanol–water partition coefficient (Wildman–Crippen LogP) is 3.50. The Morgan fingerprint density at radius 3 is 2.50 bits per heavy atom. The maximum atomic E-state index is 3.26. The summed E-state index contributed by atoms with van der Waals surface area (Å²) in [5.74, 6) is 0. The van der Waals surface area contributed by atoms with Gasteiger partial charge < -0.3 is 5.32 Å². The van der Waals surface area contributed by atoms with Crippen LogP contribution in [0.2, 0.25) is 0 Å². The van der Waals surface area contributed by atoms with Gasteiger partial charge in [0.1, 0.15) is 0 Å². The van der Waals surface area contributed by atoms with Gasteiger partial charge in [0.15, 0.2) is 0 Å². The second kappa shape index (κ2) is 3.33. The average Bonchev–Trinajstić information content (AvgIpc) is 2.18. The third-order valence-corrected chi connectivity index (χ3v) is 2.76. The van der Waals surface area contributed by atoms with Crippen molar-refractivity contribution < 1.29 is 0 Å². The minimum atomic E-state index is 1.25. The summed E-state index contributed by atoms with van der Waals surface area (Å²) in [6.45, 7) is 4.31. The molecule has 0 bridgehead atoms. The molecule has 0 aliphatic rings. The zero-order valence-corrected chi connectivity index (χ0v) is 8.89. The van der Waals surface area contributed by atoms with Gasteiger partial charge in [-0.15, -0.1) is 0 Å². The molecule has 1 N–H and O–H groups in total. The Balaban J connectivity index is 2.86. The van der Waals surface area contributed by atoms with E-state index in [0.717, 1.165) is 0 Å². The molecule has 0 fully saturated rings. The Morgan fingerprint density at radius 2 is 1.79 bits per heavy atom. The number of aryl methyl sites for hydroxylation is 2. The normalized spacial score (nSPS) is 10.5. The highest BCUT2D eigenvalue weighted by Crippen LogP contribution is 2.28. The zero-order valence-electron chi connectivity index (χ0n) is 8.89. The van der Waals surface area contributed by atoms with Gasteiger partial charge >= 0.3 is 0 Å². The van der Waals surface area contributed by atoms with E-state index in [4.69, 9.17) is 0 Å². The first-order valence-corrected chi connectivity index (χ1v) is 4.90. The number of rotatable bonds is 1. The van der Waals surface area contributed by atoms with E-state index >= 15 is 0 Å². The fourth-order valence-corrected chi connectivity index (χ4v) is 2.08. The van der Waals surface area contributed by atoms with E-state index in [1.807, 2.05) is 7.05 Å². The molecule has 0 heterocycles. The van der Waals surface area contributed by atoms with Crippen LogP contribution >= 0.6 is 0 Å². The van der Waals surface area contributed by atoms with Crippen LogP contribution in [0.15, 0.2) is 30.3 Å². The minimum Gasteiger partial charge on any atom is -0.388 e. The van der Waals surface area contributed by atoms with Crippen LogP contribution in [0.3, 0.4) is 0 Å². The Bertz CT molecular complexity index is 472. The number of benzene rings is 2. The molecule has 0 aliphatic carbocycles. The van der Waals surface area contributed by atoms with Gasteiger partial charge in [0, 0.05) is 12.7 Å². The molecule has 0 unspecified atom stereocenters. The van der Waals surface area contributed by atoms with Gasteiger partial charge in [-0.05, 0) is 41.8 Å². The lowest BCUT2D eigenvalue weighted by molar-refractivity contribution is 1.37. The fourth-order valence-electron chi connectivity index (χ4n) is 2.08. The van der Waals surface area contributed by atoms with Crippen molar-refractivity contribution in [3.63, 3.8) is 0 Å². The van der Waals surface area contributed by atoms with E-state index in [1.165, 1.54) is 27.6 Å². The molecular weight excluding hydrogens is 170 g/mol. The molecule has 72 valence electrons. The van der Waals surface area contributed by atoms with Gasteiger partial charge in [-0.2, -0.15) is 0 Å². The fraction of sp³-hybridized carbons (Fsp3) is 0.231. The number of anilines is 1. The lowest BCUT2D eigenvalue weighted by atomic mass is 10.00. The summed E-state index contributed by atoms with van der Waals surface area (Å²) in [6.07, 6.45) is 0. The van der Waals surface area contributed by atoms with Crippen LogP contribution in [0.25, 0.3) is 10.8 Å². The largest absolute Gasteiger partial charge is 0.388 e. The van der Waals surface area contributed by atoms with Crippen LogP contribution in [0.5, 0.6) is 0 Å². The molecule has 1 nitrogen and oxygen atoms in total. The van der Waals surface area contributed by atoms with Gasteiger partial charge in [0.2, 0.25) is 0 Å². The van der Waals surface area contributed by atoms with Gasteiger partial charge in [0.25, 0.3) is 0 Å². The monoisotopic (exact) mass is 185 g/mol. The first-order chi connectivity index (χ1) is 6.74. The van der Waals surface area contributed by atoms with E-state index in [2.05, 4.69) is 49.5 Å². The molecule has 0 radical (unpaired) electrons. The van der Waals surface area contributed by atoms with E-state index < -0.39 is 0 Å². The van der Waals surface area contributed by atoms with Crippen LogP contribution in [0.4, 0.5) is 5.69 Å². The SMILES string of the molecule is CNc1c(C)cc2ccccc2c1C. The first kappa shape index (κ1) is 9.07. The number of fused-ring (bicyclic) bond motifs is 1. The highest BCUT2D eigenvalue weighted by molar-refractivity contribution is 5.91. The smallest absolute Gasteiger partial charge is 0.0403 e. The molecule has 0 saturated heterocycles.